The molecule has 2 aromatic heterocycles. The van der Waals surface area contributed by atoms with Gasteiger partial charge in [0.25, 0.3) is 11.8 Å². The minimum absolute atomic E-state index is 0.0255. The van der Waals surface area contributed by atoms with E-state index in [2.05, 4.69) is 10.3 Å². The molecule has 0 aliphatic heterocycles. The lowest BCUT2D eigenvalue weighted by molar-refractivity contribution is 0.0752. The van der Waals surface area contributed by atoms with Crippen LogP contribution < -0.4 is 10.7 Å². The summed E-state index contributed by atoms with van der Waals surface area (Å²) >= 11 is 0. The van der Waals surface area contributed by atoms with E-state index >= 15 is 0 Å². The highest BCUT2D eigenvalue weighted by molar-refractivity contribution is 5.99. The summed E-state index contributed by atoms with van der Waals surface area (Å²) in [7, 11) is 1.67. The summed E-state index contributed by atoms with van der Waals surface area (Å²) in [6, 6.07) is 5.72. The molecule has 2 heterocycles. The van der Waals surface area contributed by atoms with E-state index in [1.165, 1.54) is 24.2 Å². The number of amides is 2. The molecule has 1 fully saturated rings. The van der Waals surface area contributed by atoms with Gasteiger partial charge in [-0.05, 0) is 38.8 Å². The quantitative estimate of drug-likeness (QED) is 0.692. The molecular weight excluding hydrogens is 416 g/mol. The number of aryl methyl sites for hydroxylation is 2. The van der Waals surface area contributed by atoms with Gasteiger partial charge in [-0.15, -0.1) is 0 Å². The second kappa shape index (κ2) is 11.8. The molecule has 1 saturated carbocycles. The third kappa shape index (κ3) is 6.76. The Morgan fingerprint density at radius 1 is 1.09 bits per heavy atom. The first kappa shape index (κ1) is 24.7. The van der Waals surface area contributed by atoms with Crippen molar-refractivity contribution >= 4 is 11.8 Å². The molecule has 0 saturated heterocycles. The minimum Gasteiger partial charge on any atom is -0.352 e. The van der Waals surface area contributed by atoms with Crippen molar-refractivity contribution in [2.75, 3.05) is 7.05 Å². The van der Waals surface area contributed by atoms with Gasteiger partial charge in [0.1, 0.15) is 11.1 Å². The number of hydrogen-bond donors (Lipinski definition) is 1. The highest BCUT2D eigenvalue weighted by Crippen LogP contribution is 2.17. The maximum Gasteiger partial charge on any atom is 0.259 e. The van der Waals surface area contributed by atoms with Crippen molar-refractivity contribution in [2.24, 2.45) is 0 Å². The lowest BCUT2D eigenvalue weighted by Crippen LogP contribution is -2.41. The SMILES string of the molecule is CC(C)N(C)C(=O)c1cn(CCc2ccccn2)cc(C(=O)NC2CCCCCCC2)c1=O. The Labute approximate surface area is 196 Å². The molecule has 0 unspecified atom stereocenters. The summed E-state index contributed by atoms with van der Waals surface area (Å²) in [6.45, 7) is 4.29. The van der Waals surface area contributed by atoms with E-state index in [1.807, 2.05) is 32.0 Å². The van der Waals surface area contributed by atoms with Gasteiger partial charge in [-0.3, -0.25) is 19.4 Å². The zero-order valence-corrected chi connectivity index (χ0v) is 20.0. The van der Waals surface area contributed by atoms with Gasteiger partial charge < -0.3 is 14.8 Å². The summed E-state index contributed by atoms with van der Waals surface area (Å²) in [5, 5.41) is 3.07. The summed E-state index contributed by atoms with van der Waals surface area (Å²) in [5.74, 6) is -0.763. The Kier molecular flexibility index (Phi) is 8.80. The number of carbonyl (C=O) groups is 2. The fourth-order valence-corrected chi connectivity index (χ4v) is 4.15. The van der Waals surface area contributed by atoms with Crippen LogP contribution in [-0.2, 0) is 13.0 Å². The molecule has 1 aliphatic carbocycles. The van der Waals surface area contributed by atoms with Gasteiger partial charge in [0.2, 0.25) is 5.43 Å². The summed E-state index contributed by atoms with van der Waals surface area (Å²) in [5.41, 5.74) is 0.451. The normalized spacial score (nSPS) is 15.0. The number of hydrogen-bond acceptors (Lipinski definition) is 4. The Balaban J connectivity index is 1.89. The zero-order valence-electron chi connectivity index (χ0n) is 20.0. The van der Waals surface area contributed by atoms with E-state index in [1.54, 1.807) is 30.2 Å². The largest absolute Gasteiger partial charge is 0.352 e. The van der Waals surface area contributed by atoms with Crippen LogP contribution in [-0.4, -0.2) is 45.4 Å². The van der Waals surface area contributed by atoms with E-state index in [9.17, 15) is 14.4 Å². The van der Waals surface area contributed by atoms with Gasteiger partial charge >= 0.3 is 0 Å². The van der Waals surface area contributed by atoms with E-state index in [-0.39, 0.29) is 35.0 Å². The van der Waals surface area contributed by atoms with E-state index in [4.69, 9.17) is 0 Å². The molecule has 178 valence electrons. The number of rotatable bonds is 7. The zero-order chi connectivity index (χ0) is 23.8. The van der Waals surface area contributed by atoms with Gasteiger partial charge in [0.05, 0.1) is 0 Å². The summed E-state index contributed by atoms with van der Waals surface area (Å²) in [4.78, 5) is 45.3. The average molecular weight is 453 g/mol. The molecule has 0 radical (unpaired) electrons. The second-order valence-electron chi connectivity index (χ2n) is 9.25. The molecule has 33 heavy (non-hydrogen) atoms. The first-order chi connectivity index (χ1) is 15.9. The van der Waals surface area contributed by atoms with Crippen LogP contribution in [0, 0.1) is 0 Å². The molecule has 1 N–H and O–H groups in total. The number of pyridine rings is 2. The van der Waals surface area contributed by atoms with Gasteiger partial charge in [-0.2, -0.15) is 0 Å². The predicted molar refractivity (Wildman–Crippen MR) is 129 cm³/mol. The molecule has 7 heteroatoms. The monoisotopic (exact) mass is 452 g/mol. The molecule has 2 aromatic rings. The van der Waals surface area contributed by atoms with Gasteiger partial charge in [0.15, 0.2) is 0 Å². The highest BCUT2D eigenvalue weighted by Gasteiger charge is 2.24. The van der Waals surface area contributed by atoms with Crippen molar-refractivity contribution in [1.29, 1.82) is 0 Å². The third-order valence-corrected chi connectivity index (χ3v) is 6.44. The van der Waals surface area contributed by atoms with Crippen LogP contribution in [0.5, 0.6) is 0 Å². The first-order valence-electron chi connectivity index (χ1n) is 12.1. The molecule has 0 spiro atoms. The molecule has 1 aliphatic rings. The maximum absolute atomic E-state index is 13.2. The molecule has 0 atom stereocenters. The lowest BCUT2D eigenvalue weighted by atomic mass is 9.96. The Morgan fingerprint density at radius 3 is 2.39 bits per heavy atom. The van der Waals surface area contributed by atoms with E-state index in [0.717, 1.165) is 31.4 Å². The van der Waals surface area contributed by atoms with Crippen molar-refractivity contribution in [3.8, 4) is 0 Å². The van der Waals surface area contributed by atoms with Gasteiger partial charge in [-0.25, -0.2) is 0 Å². The third-order valence-electron chi connectivity index (χ3n) is 6.44. The van der Waals surface area contributed by atoms with Gasteiger partial charge in [0, 0.05) is 56.4 Å². The lowest BCUT2D eigenvalue weighted by Gasteiger charge is -2.23. The van der Waals surface area contributed by atoms with Crippen molar-refractivity contribution in [3.05, 3.63) is 63.8 Å². The van der Waals surface area contributed by atoms with Crippen molar-refractivity contribution < 1.29 is 9.59 Å². The van der Waals surface area contributed by atoms with Crippen LogP contribution in [0.1, 0.15) is 85.2 Å². The Hall–Kier alpha value is -2.96. The fourth-order valence-electron chi connectivity index (χ4n) is 4.15. The molecule has 0 aromatic carbocycles. The second-order valence-corrected chi connectivity index (χ2v) is 9.25. The maximum atomic E-state index is 13.2. The van der Waals surface area contributed by atoms with Crippen LogP contribution in [0.3, 0.4) is 0 Å². The van der Waals surface area contributed by atoms with Crippen LogP contribution in [0.2, 0.25) is 0 Å². The minimum atomic E-state index is -0.509. The average Bonchev–Trinajstić information content (AvgIpc) is 2.79. The summed E-state index contributed by atoms with van der Waals surface area (Å²) < 4.78 is 1.77. The van der Waals surface area contributed by atoms with Crippen LogP contribution in [0.25, 0.3) is 0 Å². The smallest absolute Gasteiger partial charge is 0.259 e. The predicted octanol–water partition coefficient (Wildman–Crippen LogP) is 3.81. The molecule has 2 amide bonds. The van der Waals surface area contributed by atoms with Crippen molar-refractivity contribution in [2.45, 2.75) is 83.8 Å². The molecule has 3 rings (SSSR count). The number of aromatic nitrogens is 2. The summed E-state index contributed by atoms with van der Waals surface area (Å²) in [6.07, 6.45) is 13.1. The Morgan fingerprint density at radius 2 is 1.76 bits per heavy atom. The van der Waals surface area contributed by atoms with Crippen LogP contribution >= 0.6 is 0 Å². The standard InChI is InChI=1S/C26H36N4O3/c1-19(2)29(3)26(33)23-18-30(16-14-20-11-9-10-15-27-20)17-22(24(23)31)25(32)28-21-12-7-5-4-6-8-13-21/h9-11,15,17-19,21H,4-8,12-14,16H2,1-3H3,(H,28,32). The topological polar surface area (TPSA) is 84.3 Å². The number of nitrogens with zero attached hydrogens (tertiary/aromatic N) is 3. The van der Waals surface area contributed by atoms with Crippen LogP contribution in [0.4, 0.5) is 0 Å². The first-order valence-corrected chi connectivity index (χ1v) is 12.1. The highest BCUT2D eigenvalue weighted by atomic mass is 16.2. The molecular formula is C26H36N4O3. The van der Waals surface area contributed by atoms with Crippen molar-refractivity contribution in [3.63, 3.8) is 0 Å². The van der Waals surface area contributed by atoms with Crippen LogP contribution in [0.15, 0.2) is 41.6 Å². The fraction of sp³-hybridized carbons (Fsp3) is 0.538. The number of nitrogens with one attached hydrogen (secondary N) is 1. The van der Waals surface area contributed by atoms with Gasteiger partial charge in [-0.1, -0.05) is 38.2 Å². The molecule has 7 nitrogen and oxygen atoms in total. The van der Waals surface area contributed by atoms with E-state index < -0.39 is 5.43 Å². The number of carbonyl (C=O) groups excluding carboxylic acids is 2. The van der Waals surface area contributed by atoms with E-state index in [0.29, 0.717) is 13.0 Å². The molecule has 0 bridgehead atoms. The van der Waals surface area contributed by atoms with Crippen molar-refractivity contribution in [1.82, 2.24) is 19.8 Å². The Bertz CT molecular complexity index is 992.